The van der Waals surface area contributed by atoms with Crippen molar-refractivity contribution in [3.63, 3.8) is 0 Å². The predicted octanol–water partition coefficient (Wildman–Crippen LogP) is -1.68. The average molecular weight is 398 g/mol. The van der Waals surface area contributed by atoms with E-state index in [0.717, 1.165) is 6.08 Å². The molecule has 0 aliphatic carbocycles. The van der Waals surface area contributed by atoms with Crippen LogP contribution in [0.5, 0.6) is 11.5 Å². The number of carboxylic acid groups (broad SMARTS) is 1. The normalized spacial score (nSPS) is 34.5. The highest BCUT2D eigenvalue weighted by atomic mass is 16.8. The summed E-state index contributed by atoms with van der Waals surface area (Å²) < 4.78 is 15.2. The van der Waals surface area contributed by atoms with Crippen LogP contribution in [0.1, 0.15) is 5.56 Å². The molecule has 2 aliphatic rings. The van der Waals surface area contributed by atoms with Gasteiger partial charge in [0.15, 0.2) is 23.7 Å². The van der Waals surface area contributed by atoms with Crippen LogP contribution in [-0.2, 0) is 23.8 Å². The molecule has 0 saturated carbocycles. The van der Waals surface area contributed by atoms with Crippen molar-refractivity contribution in [2.45, 2.75) is 36.3 Å². The minimum Gasteiger partial charge on any atom is -0.504 e. The van der Waals surface area contributed by atoms with Crippen LogP contribution in [0.25, 0.3) is 6.08 Å². The van der Waals surface area contributed by atoms with Crippen LogP contribution in [0.4, 0.5) is 0 Å². The van der Waals surface area contributed by atoms with E-state index >= 15 is 0 Å². The van der Waals surface area contributed by atoms with Crippen LogP contribution in [0, 0.1) is 0 Å². The standard InChI is InChI=1S/C17H18O11/c18-6-10-13-12(22)14(15(23)17(27-10,28-13)16(24)25)26-11(21)4-2-7-1-3-8(19)9(20)5-7/h1-5,10,12-15,18-20,22-23H,6H2,(H,24,25)/t10-,12+,13-,14+,15-,17+/m1/s1. The molecule has 11 nitrogen and oxygen atoms in total. The van der Waals surface area contributed by atoms with Gasteiger partial charge in [-0.1, -0.05) is 6.07 Å². The van der Waals surface area contributed by atoms with Crippen LogP contribution >= 0.6 is 0 Å². The van der Waals surface area contributed by atoms with Gasteiger partial charge < -0.3 is 44.8 Å². The first kappa shape index (κ1) is 20.0. The third-order valence-corrected chi connectivity index (χ3v) is 4.52. The third kappa shape index (κ3) is 3.30. The molecular weight excluding hydrogens is 380 g/mol. The van der Waals surface area contributed by atoms with Gasteiger partial charge >= 0.3 is 17.7 Å². The Bertz CT molecular complexity index is 802. The molecule has 0 aromatic heterocycles. The molecule has 1 aromatic carbocycles. The maximum Gasteiger partial charge on any atom is 0.367 e. The number of aliphatic hydroxyl groups excluding tert-OH is 3. The summed E-state index contributed by atoms with van der Waals surface area (Å²) in [6.07, 6.45) is -5.84. The lowest BCUT2D eigenvalue weighted by Crippen LogP contribution is -2.64. The van der Waals surface area contributed by atoms with Gasteiger partial charge in [0.2, 0.25) is 0 Å². The number of carbonyl (C=O) groups excluding carboxylic acids is 1. The summed E-state index contributed by atoms with van der Waals surface area (Å²) in [5.74, 6) is -6.07. The molecule has 3 rings (SSSR count). The van der Waals surface area contributed by atoms with Crippen molar-refractivity contribution >= 4 is 18.0 Å². The van der Waals surface area contributed by atoms with Crippen LogP contribution < -0.4 is 0 Å². The zero-order chi connectivity index (χ0) is 20.6. The SMILES string of the molecule is O=C(C=Cc1ccc(O)c(O)c1)O[C@H]1[C@@H](O)[C@@H]2O[C@@](C(=O)O)(O[C@@H]2CO)[C@@H]1O. The minimum absolute atomic E-state index is 0.339. The highest BCUT2D eigenvalue weighted by molar-refractivity contribution is 5.87. The molecule has 2 fully saturated rings. The summed E-state index contributed by atoms with van der Waals surface area (Å²) in [5.41, 5.74) is 0.339. The summed E-state index contributed by atoms with van der Waals surface area (Å²) in [6.45, 7) is -0.686. The van der Waals surface area contributed by atoms with Gasteiger partial charge in [-0.3, -0.25) is 0 Å². The zero-order valence-electron chi connectivity index (χ0n) is 14.2. The van der Waals surface area contributed by atoms with Crippen LogP contribution in [0.3, 0.4) is 0 Å². The van der Waals surface area contributed by atoms with Crippen molar-refractivity contribution < 1.29 is 54.4 Å². The van der Waals surface area contributed by atoms with Gasteiger partial charge in [-0.05, 0) is 23.8 Å². The second-order valence-corrected chi connectivity index (χ2v) is 6.31. The number of rotatable bonds is 5. The summed E-state index contributed by atoms with van der Waals surface area (Å²) in [5, 5.41) is 57.9. The van der Waals surface area contributed by atoms with Gasteiger partial charge in [0.25, 0.3) is 0 Å². The lowest BCUT2D eigenvalue weighted by molar-refractivity contribution is -0.291. The maximum atomic E-state index is 12.1. The van der Waals surface area contributed by atoms with Crippen molar-refractivity contribution in [1.29, 1.82) is 0 Å². The molecule has 0 radical (unpaired) electrons. The maximum absolute atomic E-state index is 12.1. The number of benzene rings is 1. The lowest BCUT2D eigenvalue weighted by atomic mass is 9.93. The van der Waals surface area contributed by atoms with E-state index in [1.165, 1.54) is 24.3 Å². The first-order valence-electron chi connectivity index (χ1n) is 8.16. The molecule has 2 bridgehead atoms. The Morgan fingerprint density at radius 3 is 2.50 bits per heavy atom. The fraction of sp³-hybridized carbons (Fsp3) is 0.412. The highest BCUT2D eigenvalue weighted by Gasteiger charge is 2.68. The number of phenols is 2. The second kappa shape index (κ2) is 7.37. The predicted molar refractivity (Wildman–Crippen MR) is 87.9 cm³/mol. The monoisotopic (exact) mass is 398 g/mol. The molecule has 0 unspecified atom stereocenters. The summed E-state index contributed by atoms with van der Waals surface area (Å²) in [4.78, 5) is 23.6. The fourth-order valence-electron chi connectivity index (χ4n) is 3.10. The molecule has 2 aliphatic heterocycles. The Balaban J connectivity index is 1.77. The van der Waals surface area contributed by atoms with E-state index in [4.69, 9.17) is 14.2 Å². The van der Waals surface area contributed by atoms with Crippen LogP contribution in [0.15, 0.2) is 24.3 Å². The number of hydrogen-bond acceptors (Lipinski definition) is 10. The summed E-state index contributed by atoms with van der Waals surface area (Å²) in [6, 6.07) is 3.78. The van der Waals surface area contributed by atoms with Crippen molar-refractivity contribution in [3.05, 3.63) is 29.8 Å². The molecule has 1 aromatic rings. The number of phenolic OH excluding ortho intramolecular Hbond substituents is 2. The third-order valence-electron chi connectivity index (χ3n) is 4.52. The fourth-order valence-corrected chi connectivity index (χ4v) is 3.10. The molecule has 6 N–H and O–H groups in total. The van der Waals surface area contributed by atoms with Gasteiger partial charge in [0.05, 0.1) is 6.61 Å². The van der Waals surface area contributed by atoms with E-state index in [9.17, 15) is 40.2 Å². The smallest absolute Gasteiger partial charge is 0.367 e. The molecule has 28 heavy (non-hydrogen) atoms. The Morgan fingerprint density at radius 1 is 1.18 bits per heavy atom. The number of ether oxygens (including phenoxy) is 3. The molecular formula is C17H18O11. The molecule has 2 saturated heterocycles. The molecule has 6 atom stereocenters. The van der Waals surface area contributed by atoms with Gasteiger partial charge in [0, 0.05) is 6.08 Å². The number of aromatic hydroxyl groups is 2. The van der Waals surface area contributed by atoms with Crippen molar-refractivity contribution in [2.75, 3.05) is 6.61 Å². The number of fused-ring (bicyclic) bond motifs is 2. The van der Waals surface area contributed by atoms with Gasteiger partial charge in [0.1, 0.15) is 18.3 Å². The van der Waals surface area contributed by atoms with Crippen molar-refractivity contribution in [2.24, 2.45) is 0 Å². The first-order chi connectivity index (χ1) is 13.2. The first-order valence-corrected chi connectivity index (χ1v) is 8.16. The molecule has 11 heteroatoms. The largest absolute Gasteiger partial charge is 0.504 e. The minimum atomic E-state index is -2.59. The second-order valence-electron chi connectivity index (χ2n) is 6.31. The van der Waals surface area contributed by atoms with Gasteiger partial charge in [-0.25, -0.2) is 9.59 Å². The van der Waals surface area contributed by atoms with Gasteiger partial charge in [-0.15, -0.1) is 0 Å². The van der Waals surface area contributed by atoms with Crippen LogP contribution in [-0.4, -0.2) is 85.5 Å². The number of esters is 1. The summed E-state index contributed by atoms with van der Waals surface area (Å²) in [7, 11) is 0. The van der Waals surface area contributed by atoms with E-state index in [2.05, 4.69) is 0 Å². The Kier molecular flexibility index (Phi) is 5.28. The molecule has 0 amide bonds. The Hall–Kier alpha value is -2.70. The Labute approximate surface area is 157 Å². The van der Waals surface area contributed by atoms with Crippen molar-refractivity contribution in [3.8, 4) is 11.5 Å². The van der Waals surface area contributed by atoms with E-state index in [1.807, 2.05) is 0 Å². The molecule has 2 heterocycles. The highest BCUT2D eigenvalue weighted by Crippen LogP contribution is 2.42. The summed E-state index contributed by atoms with van der Waals surface area (Å²) >= 11 is 0. The quantitative estimate of drug-likeness (QED) is 0.189. The van der Waals surface area contributed by atoms with Crippen LogP contribution in [0.2, 0.25) is 0 Å². The molecule has 0 spiro atoms. The number of aliphatic carboxylic acids is 1. The van der Waals surface area contributed by atoms with Gasteiger partial charge in [-0.2, -0.15) is 0 Å². The topological polar surface area (TPSA) is 183 Å². The van der Waals surface area contributed by atoms with E-state index < -0.39 is 60.6 Å². The lowest BCUT2D eigenvalue weighted by Gasteiger charge is -2.39. The van der Waals surface area contributed by atoms with E-state index in [-0.39, 0.29) is 5.75 Å². The number of carbonyl (C=O) groups is 2. The van der Waals surface area contributed by atoms with Crippen molar-refractivity contribution in [1.82, 2.24) is 0 Å². The number of carboxylic acids is 1. The zero-order valence-corrected chi connectivity index (χ0v) is 14.2. The number of aliphatic hydroxyl groups is 3. The van der Waals surface area contributed by atoms with E-state index in [0.29, 0.717) is 5.56 Å². The average Bonchev–Trinajstić information content (AvgIpc) is 3.03. The van der Waals surface area contributed by atoms with E-state index in [1.54, 1.807) is 0 Å². The Morgan fingerprint density at radius 2 is 1.89 bits per heavy atom. The molecule has 152 valence electrons. The number of hydrogen-bond donors (Lipinski definition) is 6.